The molecule has 1 rings (SSSR count). The second-order valence-electron chi connectivity index (χ2n) is 2.92. The first-order valence-corrected chi connectivity index (χ1v) is 4.61. The topological polar surface area (TPSA) is 57.8 Å². The van der Waals surface area contributed by atoms with Crippen molar-refractivity contribution in [1.82, 2.24) is 15.3 Å². The molecule has 1 aromatic heterocycles. The third-order valence-electron chi connectivity index (χ3n) is 1.80. The van der Waals surface area contributed by atoms with Gasteiger partial charge in [0.25, 0.3) is 5.91 Å². The van der Waals surface area contributed by atoms with Crippen LogP contribution in [-0.2, 0) is 0 Å². The van der Waals surface area contributed by atoms with Gasteiger partial charge in [-0.15, -0.1) is 0 Å². The Morgan fingerprint density at radius 1 is 1.62 bits per heavy atom. The molecule has 0 atom stereocenters. The summed E-state index contributed by atoms with van der Waals surface area (Å²) in [6.45, 7) is 2.87. The van der Waals surface area contributed by atoms with Crippen LogP contribution in [-0.4, -0.2) is 22.4 Å². The Morgan fingerprint density at radius 3 is 3.08 bits per heavy atom. The maximum Gasteiger partial charge on any atom is 0.271 e. The van der Waals surface area contributed by atoms with Crippen LogP contribution in [0.3, 0.4) is 0 Å². The molecule has 0 unspecified atom stereocenters. The standard InChI is InChI=1S/C9H15N3O/c1-2-3-4-5-11-9(13)8-6-10-7-12-8/h6-7H,2-5H2,1H3,(H,10,12)(H,11,13). The number of hydrogen-bond acceptors (Lipinski definition) is 2. The van der Waals surface area contributed by atoms with Crippen molar-refractivity contribution in [2.75, 3.05) is 6.54 Å². The highest BCUT2D eigenvalue weighted by Crippen LogP contribution is 1.93. The fourth-order valence-corrected chi connectivity index (χ4v) is 1.05. The molecule has 4 nitrogen and oxygen atoms in total. The molecule has 4 heteroatoms. The van der Waals surface area contributed by atoms with Crippen LogP contribution in [0.4, 0.5) is 0 Å². The zero-order valence-electron chi connectivity index (χ0n) is 7.84. The molecular weight excluding hydrogens is 166 g/mol. The number of amides is 1. The van der Waals surface area contributed by atoms with Crippen molar-refractivity contribution in [1.29, 1.82) is 0 Å². The first-order chi connectivity index (χ1) is 6.34. The van der Waals surface area contributed by atoms with E-state index in [0.29, 0.717) is 5.69 Å². The second kappa shape index (κ2) is 5.35. The molecule has 1 amide bonds. The number of unbranched alkanes of at least 4 members (excludes halogenated alkanes) is 2. The molecule has 0 bridgehead atoms. The van der Waals surface area contributed by atoms with Gasteiger partial charge in [-0.1, -0.05) is 19.8 Å². The van der Waals surface area contributed by atoms with E-state index in [1.165, 1.54) is 6.33 Å². The minimum Gasteiger partial charge on any atom is -0.351 e. The van der Waals surface area contributed by atoms with Gasteiger partial charge in [-0.25, -0.2) is 4.98 Å². The van der Waals surface area contributed by atoms with Gasteiger partial charge in [0.1, 0.15) is 5.69 Å². The van der Waals surface area contributed by atoms with Crippen molar-refractivity contribution in [2.45, 2.75) is 26.2 Å². The Labute approximate surface area is 77.8 Å². The first kappa shape index (κ1) is 9.77. The van der Waals surface area contributed by atoms with Gasteiger partial charge < -0.3 is 10.3 Å². The van der Waals surface area contributed by atoms with Gasteiger partial charge in [-0.3, -0.25) is 4.79 Å². The van der Waals surface area contributed by atoms with Crippen molar-refractivity contribution in [3.05, 3.63) is 18.2 Å². The van der Waals surface area contributed by atoms with Crippen LogP contribution in [0.1, 0.15) is 36.7 Å². The maximum absolute atomic E-state index is 11.3. The van der Waals surface area contributed by atoms with Crippen molar-refractivity contribution in [2.24, 2.45) is 0 Å². The van der Waals surface area contributed by atoms with Gasteiger partial charge in [0.05, 0.1) is 6.33 Å². The summed E-state index contributed by atoms with van der Waals surface area (Å²) in [6, 6.07) is 0. The predicted molar refractivity (Wildman–Crippen MR) is 50.4 cm³/mol. The summed E-state index contributed by atoms with van der Waals surface area (Å²) in [5.74, 6) is -0.0997. The number of carbonyl (C=O) groups excluding carboxylic acids is 1. The van der Waals surface area contributed by atoms with Crippen LogP contribution < -0.4 is 5.32 Å². The van der Waals surface area contributed by atoms with Gasteiger partial charge in [-0.05, 0) is 6.42 Å². The Morgan fingerprint density at radius 2 is 2.46 bits per heavy atom. The van der Waals surface area contributed by atoms with Crippen LogP contribution >= 0.6 is 0 Å². The van der Waals surface area contributed by atoms with Gasteiger partial charge in [0.2, 0.25) is 0 Å². The van der Waals surface area contributed by atoms with E-state index in [0.717, 1.165) is 25.8 Å². The molecule has 1 heterocycles. The minimum absolute atomic E-state index is 0.0997. The van der Waals surface area contributed by atoms with E-state index in [4.69, 9.17) is 0 Å². The number of H-pyrrole nitrogens is 1. The molecule has 0 fully saturated rings. The van der Waals surface area contributed by atoms with Crippen LogP contribution in [0.2, 0.25) is 0 Å². The minimum atomic E-state index is -0.0997. The third kappa shape index (κ3) is 3.27. The summed E-state index contributed by atoms with van der Waals surface area (Å²) in [5.41, 5.74) is 0.455. The highest BCUT2D eigenvalue weighted by molar-refractivity contribution is 5.91. The van der Waals surface area contributed by atoms with E-state index in [2.05, 4.69) is 22.2 Å². The molecule has 0 aliphatic heterocycles. The van der Waals surface area contributed by atoms with Crippen molar-refractivity contribution in [3.63, 3.8) is 0 Å². The molecular formula is C9H15N3O. The number of aromatic nitrogens is 2. The van der Waals surface area contributed by atoms with Crippen LogP contribution in [0.5, 0.6) is 0 Å². The molecule has 2 N–H and O–H groups in total. The van der Waals surface area contributed by atoms with E-state index >= 15 is 0 Å². The van der Waals surface area contributed by atoms with Crippen molar-refractivity contribution >= 4 is 5.91 Å². The summed E-state index contributed by atoms with van der Waals surface area (Å²) in [6.07, 6.45) is 6.45. The van der Waals surface area contributed by atoms with Gasteiger partial charge in [0, 0.05) is 12.7 Å². The monoisotopic (exact) mass is 181 g/mol. The lowest BCUT2D eigenvalue weighted by Crippen LogP contribution is -2.24. The number of nitrogens with one attached hydrogen (secondary N) is 2. The van der Waals surface area contributed by atoms with E-state index in [1.54, 1.807) is 6.20 Å². The molecule has 13 heavy (non-hydrogen) atoms. The summed E-state index contributed by atoms with van der Waals surface area (Å²) >= 11 is 0. The van der Waals surface area contributed by atoms with Crippen molar-refractivity contribution in [3.8, 4) is 0 Å². The number of carbonyl (C=O) groups is 1. The molecule has 0 saturated carbocycles. The van der Waals surface area contributed by atoms with Gasteiger partial charge in [-0.2, -0.15) is 0 Å². The number of imidazole rings is 1. The molecule has 1 aromatic rings. The fraction of sp³-hybridized carbons (Fsp3) is 0.556. The normalized spacial score (nSPS) is 9.92. The first-order valence-electron chi connectivity index (χ1n) is 4.61. The van der Waals surface area contributed by atoms with Crippen LogP contribution in [0.15, 0.2) is 12.5 Å². The number of hydrogen-bond donors (Lipinski definition) is 2. The maximum atomic E-state index is 11.3. The quantitative estimate of drug-likeness (QED) is 0.673. The summed E-state index contributed by atoms with van der Waals surface area (Å²) in [7, 11) is 0. The zero-order valence-corrected chi connectivity index (χ0v) is 7.84. The molecule has 0 saturated heterocycles. The highest BCUT2D eigenvalue weighted by atomic mass is 16.1. The van der Waals surface area contributed by atoms with E-state index in [-0.39, 0.29) is 5.91 Å². The largest absolute Gasteiger partial charge is 0.351 e. The lowest BCUT2D eigenvalue weighted by atomic mass is 10.2. The molecule has 0 spiro atoms. The van der Waals surface area contributed by atoms with Crippen molar-refractivity contribution < 1.29 is 4.79 Å². The highest BCUT2D eigenvalue weighted by Gasteiger charge is 2.04. The van der Waals surface area contributed by atoms with Gasteiger partial charge >= 0.3 is 0 Å². The smallest absolute Gasteiger partial charge is 0.271 e. The lowest BCUT2D eigenvalue weighted by Gasteiger charge is -2.01. The van der Waals surface area contributed by atoms with E-state index < -0.39 is 0 Å². The molecule has 72 valence electrons. The molecule has 0 aliphatic carbocycles. The Hall–Kier alpha value is -1.32. The molecule has 0 aromatic carbocycles. The second-order valence-corrected chi connectivity index (χ2v) is 2.92. The van der Waals surface area contributed by atoms with E-state index in [9.17, 15) is 4.79 Å². The Kier molecular flexibility index (Phi) is 4.02. The molecule has 0 aliphatic rings. The van der Waals surface area contributed by atoms with Crippen LogP contribution in [0.25, 0.3) is 0 Å². The molecule has 0 radical (unpaired) electrons. The average Bonchev–Trinajstić information content (AvgIpc) is 2.65. The Balaban J connectivity index is 2.19. The third-order valence-corrected chi connectivity index (χ3v) is 1.80. The predicted octanol–water partition coefficient (Wildman–Crippen LogP) is 1.33. The fourth-order valence-electron chi connectivity index (χ4n) is 1.05. The SMILES string of the molecule is CCCCCNC(=O)c1c[nH]cn1. The van der Waals surface area contributed by atoms with E-state index in [1.807, 2.05) is 0 Å². The van der Waals surface area contributed by atoms with Gasteiger partial charge in [0.15, 0.2) is 0 Å². The number of nitrogens with zero attached hydrogens (tertiary/aromatic N) is 1. The summed E-state index contributed by atoms with van der Waals surface area (Å²) in [4.78, 5) is 17.9. The average molecular weight is 181 g/mol. The number of rotatable bonds is 5. The summed E-state index contributed by atoms with van der Waals surface area (Å²) in [5, 5.41) is 2.80. The zero-order chi connectivity index (χ0) is 9.52. The summed E-state index contributed by atoms with van der Waals surface area (Å²) < 4.78 is 0. The lowest BCUT2D eigenvalue weighted by molar-refractivity contribution is 0.0948. The van der Waals surface area contributed by atoms with Crippen LogP contribution in [0, 0.1) is 0 Å². The Bertz CT molecular complexity index is 243. The number of aromatic amines is 1.